The van der Waals surface area contributed by atoms with Crippen molar-refractivity contribution in [3.05, 3.63) is 58.6 Å². The number of carbonyl (C=O) groups excluding carboxylic acids is 1. The van der Waals surface area contributed by atoms with Gasteiger partial charge in [0.05, 0.1) is 16.2 Å². The maximum Gasteiger partial charge on any atom is 0.419 e. The molecular weight excluding hydrogens is 368 g/mol. The maximum atomic E-state index is 12.5. The third kappa shape index (κ3) is 3.95. The Kier molecular flexibility index (Phi) is 5.18. The molecule has 0 radical (unpaired) electrons. The summed E-state index contributed by atoms with van der Waals surface area (Å²) >= 11 is 0. The number of carbonyl (C=O) groups is 1. The number of nitrogens with one attached hydrogen (secondary N) is 1. The molecule has 0 saturated carbocycles. The third-order valence-electron chi connectivity index (χ3n) is 4.39. The van der Waals surface area contributed by atoms with Crippen LogP contribution in [0.15, 0.2) is 56.6 Å². The summed E-state index contributed by atoms with van der Waals surface area (Å²) in [6.45, 7) is 1.98. The number of aromatic nitrogens is 1. The first-order valence-electron chi connectivity index (χ1n) is 8.52. The van der Waals surface area contributed by atoms with Gasteiger partial charge in [-0.25, -0.2) is 13.2 Å². The first-order valence-corrected chi connectivity index (χ1v) is 10.2. The molecule has 142 valence electrons. The second-order valence-corrected chi connectivity index (χ2v) is 8.29. The van der Waals surface area contributed by atoms with Crippen LogP contribution < -0.4 is 11.1 Å². The van der Waals surface area contributed by atoms with Crippen LogP contribution in [0.25, 0.3) is 11.1 Å². The van der Waals surface area contributed by atoms with Crippen LogP contribution in [0.2, 0.25) is 0 Å². The van der Waals surface area contributed by atoms with E-state index in [0.717, 1.165) is 12.0 Å². The van der Waals surface area contributed by atoms with Crippen LogP contribution in [0, 0.1) is 0 Å². The van der Waals surface area contributed by atoms with Gasteiger partial charge in [0.15, 0.2) is 15.4 Å². The molecule has 0 spiro atoms. The third-order valence-corrected chi connectivity index (χ3v) is 6.11. The molecule has 7 nitrogen and oxygen atoms in total. The lowest BCUT2D eigenvalue weighted by Crippen LogP contribution is -2.18. The maximum absolute atomic E-state index is 12.5. The number of anilines is 1. The van der Waals surface area contributed by atoms with Crippen molar-refractivity contribution < 1.29 is 17.6 Å². The first-order chi connectivity index (χ1) is 12.8. The number of oxazole rings is 1. The standard InChI is InChI=1S/C19H20N2O5S/c1-3-13-6-4-5-7-15(13)20-18(22)10-11-27(24,25)14-8-9-16-17(12-14)26-19(23)21(16)2/h4-9,12H,3,10-11H2,1-2H3,(H,20,22). The molecule has 0 bridgehead atoms. The van der Waals surface area contributed by atoms with E-state index in [1.807, 2.05) is 25.1 Å². The van der Waals surface area contributed by atoms with Crippen LogP contribution in [0.4, 0.5) is 5.69 Å². The number of benzene rings is 2. The highest BCUT2D eigenvalue weighted by Gasteiger charge is 2.19. The van der Waals surface area contributed by atoms with Crippen molar-refractivity contribution in [2.45, 2.75) is 24.7 Å². The van der Waals surface area contributed by atoms with Gasteiger partial charge in [0.25, 0.3) is 0 Å². The van der Waals surface area contributed by atoms with Crippen LogP contribution in [0.1, 0.15) is 18.9 Å². The second kappa shape index (κ2) is 7.40. The highest BCUT2D eigenvalue weighted by molar-refractivity contribution is 7.91. The van der Waals surface area contributed by atoms with Crippen LogP contribution in [-0.4, -0.2) is 24.6 Å². The molecule has 0 aliphatic carbocycles. The van der Waals surface area contributed by atoms with Gasteiger partial charge in [-0.15, -0.1) is 0 Å². The number of sulfone groups is 1. The van der Waals surface area contributed by atoms with E-state index in [1.165, 1.54) is 22.8 Å². The van der Waals surface area contributed by atoms with E-state index in [2.05, 4.69) is 5.32 Å². The van der Waals surface area contributed by atoms with Gasteiger partial charge >= 0.3 is 5.76 Å². The van der Waals surface area contributed by atoms with Gasteiger partial charge < -0.3 is 9.73 Å². The average molecular weight is 388 g/mol. The molecule has 1 aromatic heterocycles. The van der Waals surface area contributed by atoms with Crippen molar-refractivity contribution in [3.63, 3.8) is 0 Å². The summed E-state index contributed by atoms with van der Waals surface area (Å²) in [6, 6.07) is 11.6. The van der Waals surface area contributed by atoms with Gasteiger partial charge in [0, 0.05) is 25.2 Å². The SMILES string of the molecule is CCc1ccccc1NC(=O)CCS(=O)(=O)c1ccc2c(c1)oc(=O)n2C. The quantitative estimate of drug-likeness (QED) is 0.700. The highest BCUT2D eigenvalue weighted by Crippen LogP contribution is 2.20. The molecule has 0 unspecified atom stereocenters. The Morgan fingerprint density at radius 3 is 2.67 bits per heavy atom. The second-order valence-electron chi connectivity index (χ2n) is 6.18. The largest absolute Gasteiger partial charge is 0.419 e. The minimum Gasteiger partial charge on any atom is -0.408 e. The zero-order valence-corrected chi connectivity index (χ0v) is 15.9. The Labute approximate surface area is 156 Å². The summed E-state index contributed by atoms with van der Waals surface area (Å²) in [4.78, 5) is 23.7. The fourth-order valence-electron chi connectivity index (χ4n) is 2.82. The minimum absolute atomic E-state index is 0.0195. The Morgan fingerprint density at radius 1 is 1.19 bits per heavy atom. The molecule has 1 amide bonds. The summed E-state index contributed by atoms with van der Waals surface area (Å²) in [5, 5.41) is 2.76. The van der Waals surface area contributed by atoms with Gasteiger partial charge in [-0.3, -0.25) is 9.36 Å². The summed E-state index contributed by atoms with van der Waals surface area (Å²) in [5.41, 5.74) is 2.38. The molecule has 1 N–H and O–H groups in total. The molecule has 0 aliphatic heterocycles. The van der Waals surface area contributed by atoms with E-state index < -0.39 is 15.6 Å². The molecule has 0 fully saturated rings. The lowest BCUT2D eigenvalue weighted by atomic mass is 10.1. The number of para-hydroxylation sites is 1. The lowest BCUT2D eigenvalue weighted by molar-refractivity contribution is -0.115. The number of nitrogens with zero attached hydrogens (tertiary/aromatic N) is 1. The van der Waals surface area contributed by atoms with Gasteiger partial charge in [0.1, 0.15) is 0 Å². The van der Waals surface area contributed by atoms with Crippen molar-refractivity contribution in [3.8, 4) is 0 Å². The normalized spacial score (nSPS) is 11.6. The zero-order chi connectivity index (χ0) is 19.6. The number of rotatable bonds is 6. The summed E-state index contributed by atoms with van der Waals surface area (Å²) in [5.74, 6) is -1.27. The monoisotopic (exact) mass is 388 g/mol. The van der Waals surface area contributed by atoms with Crippen molar-refractivity contribution >= 4 is 32.5 Å². The topological polar surface area (TPSA) is 98.4 Å². The Balaban J connectivity index is 1.73. The molecular formula is C19H20N2O5S. The molecule has 3 aromatic rings. The number of amides is 1. The molecule has 2 aromatic carbocycles. The Hall–Kier alpha value is -2.87. The van der Waals surface area contributed by atoms with Gasteiger partial charge in [0.2, 0.25) is 5.91 Å². The Bertz CT molecular complexity index is 1160. The van der Waals surface area contributed by atoms with Crippen LogP contribution in [-0.2, 0) is 28.1 Å². The van der Waals surface area contributed by atoms with E-state index in [4.69, 9.17) is 4.42 Å². The van der Waals surface area contributed by atoms with Crippen LogP contribution in [0.5, 0.6) is 0 Å². The first kappa shape index (κ1) is 18.9. The van der Waals surface area contributed by atoms with Crippen molar-refractivity contribution in [2.75, 3.05) is 11.1 Å². The molecule has 27 heavy (non-hydrogen) atoms. The van der Waals surface area contributed by atoms with E-state index in [-0.39, 0.29) is 28.6 Å². The van der Waals surface area contributed by atoms with Crippen molar-refractivity contribution in [1.82, 2.24) is 4.57 Å². The molecule has 0 saturated heterocycles. The van der Waals surface area contributed by atoms with Gasteiger partial charge in [-0.2, -0.15) is 0 Å². The highest BCUT2D eigenvalue weighted by atomic mass is 32.2. The summed E-state index contributed by atoms with van der Waals surface area (Å²) in [7, 11) is -2.15. The predicted molar refractivity (Wildman–Crippen MR) is 103 cm³/mol. The Morgan fingerprint density at radius 2 is 1.93 bits per heavy atom. The summed E-state index contributed by atoms with van der Waals surface area (Å²) < 4.78 is 31.4. The van der Waals surface area contributed by atoms with Crippen molar-refractivity contribution in [1.29, 1.82) is 0 Å². The minimum atomic E-state index is -3.69. The number of hydrogen-bond acceptors (Lipinski definition) is 5. The van der Waals surface area contributed by atoms with Gasteiger partial charge in [-0.1, -0.05) is 25.1 Å². The predicted octanol–water partition coefficient (Wildman–Crippen LogP) is 2.50. The van der Waals surface area contributed by atoms with E-state index in [0.29, 0.717) is 11.2 Å². The fraction of sp³-hybridized carbons (Fsp3) is 0.263. The molecule has 1 heterocycles. The molecule has 3 rings (SSSR count). The molecule has 0 atom stereocenters. The number of aryl methyl sites for hydroxylation is 2. The van der Waals surface area contributed by atoms with E-state index >= 15 is 0 Å². The molecule has 0 aliphatic rings. The zero-order valence-electron chi connectivity index (χ0n) is 15.1. The summed E-state index contributed by atoms with van der Waals surface area (Å²) in [6.07, 6.45) is 0.591. The van der Waals surface area contributed by atoms with E-state index in [9.17, 15) is 18.0 Å². The molecule has 8 heteroatoms. The number of hydrogen-bond donors (Lipinski definition) is 1. The fourth-order valence-corrected chi connectivity index (χ4v) is 4.07. The van der Waals surface area contributed by atoms with Crippen LogP contribution in [0.3, 0.4) is 0 Å². The van der Waals surface area contributed by atoms with Crippen molar-refractivity contribution in [2.24, 2.45) is 7.05 Å². The van der Waals surface area contributed by atoms with Crippen LogP contribution >= 0.6 is 0 Å². The average Bonchev–Trinajstić information content (AvgIpc) is 2.94. The van der Waals surface area contributed by atoms with E-state index in [1.54, 1.807) is 13.1 Å². The smallest absolute Gasteiger partial charge is 0.408 e. The number of fused-ring (bicyclic) bond motifs is 1. The van der Waals surface area contributed by atoms with Gasteiger partial charge in [-0.05, 0) is 30.2 Å². The lowest BCUT2D eigenvalue weighted by Gasteiger charge is -2.10.